The minimum atomic E-state index is -0.814. The third-order valence-electron chi connectivity index (χ3n) is 1.99. The Morgan fingerprint density at radius 2 is 2.19 bits per heavy atom. The monoisotopic (exact) mass is 289 g/mol. The molecule has 0 aliphatic rings. The average Bonchev–Trinajstić information content (AvgIpc) is 2.08. The second-order valence-corrected chi connectivity index (χ2v) is 4.96. The van der Waals surface area contributed by atoms with E-state index in [4.69, 9.17) is 10.5 Å². The number of benzene rings is 1. The maximum absolute atomic E-state index is 13.0. The van der Waals surface area contributed by atoms with Gasteiger partial charge in [0.1, 0.15) is 11.4 Å². The molecule has 5 heteroatoms. The zero-order valence-electron chi connectivity index (χ0n) is 9.09. The van der Waals surface area contributed by atoms with Gasteiger partial charge in [-0.25, -0.2) is 9.18 Å². The minimum Gasteiger partial charge on any atom is -0.443 e. The summed E-state index contributed by atoms with van der Waals surface area (Å²) in [5.41, 5.74) is 5.11. The van der Waals surface area contributed by atoms with Gasteiger partial charge in [0.2, 0.25) is 0 Å². The Hall–Kier alpha value is -1.10. The lowest BCUT2D eigenvalue weighted by Gasteiger charge is -2.24. The van der Waals surface area contributed by atoms with Crippen molar-refractivity contribution in [1.29, 1.82) is 0 Å². The quantitative estimate of drug-likeness (QED) is 0.930. The Bertz CT molecular complexity index is 407. The summed E-state index contributed by atoms with van der Waals surface area (Å²) in [7, 11) is 0. The number of primary amides is 1. The van der Waals surface area contributed by atoms with Crippen LogP contribution in [0.3, 0.4) is 0 Å². The molecule has 1 rings (SSSR count). The van der Waals surface area contributed by atoms with Crippen molar-refractivity contribution in [2.75, 3.05) is 0 Å². The highest BCUT2D eigenvalue weighted by Crippen LogP contribution is 2.22. The van der Waals surface area contributed by atoms with E-state index in [0.717, 1.165) is 5.56 Å². The van der Waals surface area contributed by atoms with E-state index in [1.165, 1.54) is 6.07 Å². The Morgan fingerprint density at radius 1 is 1.56 bits per heavy atom. The van der Waals surface area contributed by atoms with Crippen LogP contribution in [0.4, 0.5) is 9.18 Å². The minimum absolute atomic E-state index is 0.322. The molecule has 0 atom stereocenters. The molecule has 3 nitrogen and oxygen atoms in total. The van der Waals surface area contributed by atoms with E-state index in [2.05, 4.69) is 15.9 Å². The second kappa shape index (κ2) is 4.82. The van der Waals surface area contributed by atoms with E-state index in [0.29, 0.717) is 10.9 Å². The molecule has 88 valence electrons. The largest absolute Gasteiger partial charge is 0.443 e. The number of carbonyl (C=O) groups is 1. The number of hydrogen-bond donors (Lipinski definition) is 1. The van der Waals surface area contributed by atoms with Crippen LogP contribution in [0.5, 0.6) is 0 Å². The molecule has 0 aliphatic heterocycles. The van der Waals surface area contributed by atoms with Gasteiger partial charge < -0.3 is 10.5 Å². The molecule has 1 aromatic rings. The number of rotatable bonds is 3. The number of halogens is 2. The predicted molar refractivity (Wildman–Crippen MR) is 62.6 cm³/mol. The number of hydrogen-bond acceptors (Lipinski definition) is 2. The van der Waals surface area contributed by atoms with E-state index in [-0.39, 0.29) is 5.82 Å². The van der Waals surface area contributed by atoms with Crippen LogP contribution >= 0.6 is 15.9 Å². The predicted octanol–water partition coefficient (Wildman–Crippen LogP) is 3.00. The first-order chi connectivity index (χ1) is 7.30. The van der Waals surface area contributed by atoms with Crippen LogP contribution < -0.4 is 5.73 Å². The fourth-order valence-corrected chi connectivity index (χ4v) is 1.88. The summed E-state index contributed by atoms with van der Waals surface area (Å²) in [6, 6.07) is 4.66. The van der Waals surface area contributed by atoms with E-state index >= 15 is 0 Å². The third-order valence-corrected chi connectivity index (χ3v) is 2.60. The fourth-order valence-electron chi connectivity index (χ4n) is 1.45. The topological polar surface area (TPSA) is 52.3 Å². The zero-order valence-corrected chi connectivity index (χ0v) is 10.7. The van der Waals surface area contributed by atoms with Gasteiger partial charge in [-0.3, -0.25) is 0 Å². The van der Waals surface area contributed by atoms with Crippen molar-refractivity contribution >= 4 is 22.0 Å². The molecule has 1 amide bonds. The first-order valence-electron chi connectivity index (χ1n) is 4.72. The lowest BCUT2D eigenvalue weighted by atomic mass is 9.98. The number of nitrogens with two attached hydrogens (primary N) is 1. The average molecular weight is 290 g/mol. The molecule has 2 N–H and O–H groups in total. The van der Waals surface area contributed by atoms with Crippen LogP contribution in [-0.4, -0.2) is 11.7 Å². The first-order valence-corrected chi connectivity index (χ1v) is 5.52. The lowest BCUT2D eigenvalue weighted by molar-refractivity contribution is 0.0460. The molecule has 0 saturated heterocycles. The van der Waals surface area contributed by atoms with Crippen molar-refractivity contribution in [2.45, 2.75) is 25.9 Å². The van der Waals surface area contributed by atoms with Crippen molar-refractivity contribution in [2.24, 2.45) is 5.73 Å². The van der Waals surface area contributed by atoms with Gasteiger partial charge in [-0.15, -0.1) is 0 Å². The van der Waals surface area contributed by atoms with Gasteiger partial charge in [-0.2, -0.15) is 0 Å². The van der Waals surface area contributed by atoms with Gasteiger partial charge in [0, 0.05) is 6.42 Å². The molecule has 1 aromatic carbocycles. The highest BCUT2D eigenvalue weighted by atomic mass is 79.9. The summed E-state index contributed by atoms with van der Waals surface area (Å²) in [5.74, 6) is -0.322. The van der Waals surface area contributed by atoms with Gasteiger partial charge in [-0.05, 0) is 47.5 Å². The highest BCUT2D eigenvalue weighted by molar-refractivity contribution is 9.10. The van der Waals surface area contributed by atoms with Crippen molar-refractivity contribution in [3.05, 3.63) is 34.1 Å². The molecule has 0 unspecified atom stereocenters. The SMILES string of the molecule is CC(C)(Cc1ccc(F)c(Br)c1)OC(N)=O. The summed E-state index contributed by atoms with van der Waals surface area (Å²) in [5, 5.41) is 0. The van der Waals surface area contributed by atoms with Crippen LogP contribution in [0.2, 0.25) is 0 Å². The first kappa shape index (κ1) is 13.0. The van der Waals surface area contributed by atoms with E-state index in [1.807, 2.05) is 0 Å². The van der Waals surface area contributed by atoms with Crippen LogP contribution in [0.1, 0.15) is 19.4 Å². The molecular weight excluding hydrogens is 277 g/mol. The number of carbonyl (C=O) groups excluding carboxylic acids is 1. The van der Waals surface area contributed by atoms with E-state index in [1.54, 1.807) is 26.0 Å². The van der Waals surface area contributed by atoms with Crippen molar-refractivity contribution in [3.8, 4) is 0 Å². The van der Waals surface area contributed by atoms with Crippen molar-refractivity contribution < 1.29 is 13.9 Å². The maximum Gasteiger partial charge on any atom is 0.405 e. The summed E-state index contributed by atoms with van der Waals surface area (Å²) in [6.45, 7) is 3.49. The summed E-state index contributed by atoms with van der Waals surface area (Å²) in [4.78, 5) is 10.7. The smallest absolute Gasteiger partial charge is 0.405 e. The third kappa shape index (κ3) is 3.81. The Labute approximate surface area is 102 Å². The van der Waals surface area contributed by atoms with E-state index in [9.17, 15) is 9.18 Å². The normalized spacial score (nSPS) is 11.2. The number of ether oxygens (including phenoxy) is 1. The second-order valence-electron chi connectivity index (χ2n) is 4.11. The summed E-state index contributed by atoms with van der Waals surface area (Å²) >= 11 is 3.10. The Kier molecular flexibility index (Phi) is 3.91. The molecule has 0 heterocycles. The molecule has 16 heavy (non-hydrogen) atoms. The molecule has 0 bridgehead atoms. The van der Waals surface area contributed by atoms with Gasteiger partial charge in [0.15, 0.2) is 0 Å². The van der Waals surface area contributed by atoms with E-state index < -0.39 is 11.7 Å². The summed E-state index contributed by atoms with van der Waals surface area (Å²) in [6.07, 6.45) is -0.347. The Balaban J connectivity index is 2.79. The van der Waals surface area contributed by atoms with Crippen molar-refractivity contribution in [3.63, 3.8) is 0 Å². The van der Waals surface area contributed by atoms with Gasteiger partial charge in [-0.1, -0.05) is 6.07 Å². The maximum atomic E-state index is 13.0. The molecule has 0 aromatic heterocycles. The van der Waals surface area contributed by atoms with Gasteiger partial charge in [0.05, 0.1) is 4.47 Å². The molecule has 0 radical (unpaired) electrons. The lowest BCUT2D eigenvalue weighted by Crippen LogP contribution is -2.33. The van der Waals surface area contributed by atoms with Crippen LogP contribution in [0, 0.1) is 5.82 Å². The van der Waals surface area contributed by atoms with Gasteiger partial charge in [0.25, 0.3) is 0 Å². The number of amides is 1. The fraction of sp³-hybridized carbons (Fsp3) is 0.364. The van der Waals surface area contributed by atoms with Crippen LogP contribution in [-0.2, 0) is 11.2 Å². The van der Waals surface area contributed by atoms with Gasteiger partial charge >= 0.3 is 6.09 Å². The molecule has 0 aliphatic carbocycles. The standard InChI is InChI=1S/C11H13BrFNO2/c1-11(2,16-10(14)15)6-7-3-4-9(13)8(12)5-7/h3-5H,6H2,1-2H3,(H2,14,15). The molecular formula is C11H13BrFNO2. The molecule has 0 saturated carbocycles. The van der Waals surface area contributed by atoms with Crippen molar-refractivity contribution in [1.82, 2.24) is 0 Å². The Morgan fingerprint density at radius 3 is 2.69 bits per heavy atom. The summed E-state index contributed by atoms with van der Waals surface area (Å²) < 4.78 is 18.3. The zero-order chi connectivity index (χ0) is 12.3. The molecule has 0 spiro atoms. The highest BCUT2D eigenvalue weighted by Gasteiger charge is 2.22. The molecule has 0 fully saturated rings. The van der Waals surface area contributed by atoms with Crippen LogP contribution in [0.15, 0.2) is 22.7 Å². The van der Waals surface area contributed by atoms with Crippen LogP contribution in [0.25, 0.3) is 0 Å².